The molecule has 0 amide bonds. The zero-order chi connectivity index (χ0) is 12.1. The Balaban J connectivity index is 1.94. The fraction of sp³-hybridized carbons (Fsp3) is 0.583. The molecule has 0 radical (unpaired) electrons. The van der Waals surface area contributed by atoms with E-state index >= 15 is 0 Å². The summed E-state index contributed by atoms with van der Waals surface area (Å²) in [5.74, 6) is 0.991. The Morgan fingerprint density at radius 1 is 1.53 bits per heavy atom. The van der Waals surface area contributed by atoms with E-state index in [2.05, 4.69) is 25.8 Å². The van der Waals surface area contributed by atoms with Crippen molar-refractivity contribution in [2.75, 3.05) is 31.2 Å². The summed E-state index contributed by atoms with van der Waals surface area (Å²) in [4.78, 5) is 6.62. The minimum absolute atomic E-state index is 0.0903. The number of aliphatic hydroxyl groups is 1. The maximum atomic E-state index is 8.75. The van der Waals surface area contributed by atoms with E-state index in [0.717, 1.165) is 36.2 Å². The fourth-order valence-corrected chi connectivity index (χ4v) is 2.29. The molecule has 1 fully saturated rings. The number of pyridine rings is 1. The highest BCUT2D eigenvalue weighted by Crippen LogP contribution is 2.20. The highest BCUT2D eigenvalue weighted by atomic mass is 79.9. The van der Waals surface area contributed by atoms with E-state index in [1.54, 1.807) is 0 Å². The van der Waals surface area contributed by atoms with Crippen LogP contribution >= 0.6 is 15.9 Å². The molecule has 1 aliphatic rings. The lowest BCUT2D eigenvalue weighted by Crippen LogP contribution is -2.40. The number of rotatable bonds is 4. The highest BCUT2D eigenvalue weighted by Gasteiger charge is 2.21. The van der Waals surface area contributed by atoms with E-state index in [9.17, 15) is 0 Å². The molecule has 0 spiro atoms. The van der Waals surface area contributed by atoms with Crippen LogP contribution in [0.4, 0.5) is 5.82 Å². The third-order valence-electron chi connectivity index (χ3n) is 2.86. The molecular weight excluding hydrogens is 284 g/mol. The van der Waals surface area contributed by atoms with Gasteiger partial charge in [-0.3, -0.25) is 0 Å². The van der Waals surface area contributed by atoms with Gasteiger partial charge in [-0.15, -0.1) is 0 Å². The number of anilines is 1. The zero-order valence-electron chi connectivity index (χ0n) is 9.68. The van der Waals surface area contributed by atoms with Crippen molar-refractivity contribution >= 4 is 21.7 Å². The Morgan fingerprint density at radius 3 is 3.12 bits per heavy atom. The molecule has 0 bridgehead atoms. The second-order valence-electron chi connectivity index (χ2n) is 4.14. The Kier molecular flexibility index (Phi) is 4.76. The normalized spacial score (nSPS) is 20.6. The largest absolute Gasteiger partial charge is 0.394 e. The lowest BCUT2D eigenvalue weighted by molar-refractivity contribution is 0.0213. The predicted molar refractivity (Wildman–Crippen MR) is 70.2 cm³/mol. The van der Waals surface area contributed by atoms with Crippen LogP contribution in [0, 0.1) is 0 Å². The molecule has 1 aromatic rings. The van der Waals surface area contributed by atoms with Crippen molar-refractivity contribution in [2.24, 2.45) is 0 Å². The lowest BCUT2D eigenvalue weighted by Gasteiger charge is -2.33. The van der Waals surface area contributed by atoms with Gasteiger partial charge in [0.25, 0.3) is 0 Å². The van der Waals surface area contributed by atoms with Gasteiger partial charge in [0, 0.05) is 23.8 Å². The number of ether oxygens (including phenoxy) is 1. The van der Waals surface area contributed by atoms with Crippen LogP contribution in [-0.2, 0) is 4.74 Å². The van der Waals surface area contributed by atoms with Crippen molar-refractivity contribution in [1.82, 2.24) is 4.98 Å². The minimum atomic E-state index is 0.0903. The number of hydrogen-bond donors (Lipinski definition) is 1. The van der Waals surface area contributed by atoms with Crippen LogP contribution in [-0.4, -0.2) is 42.5 Å². The number of nitrogens with zero attached hydrogens (tertiary/aromatic N) is 2. The Bertz CT molecular complexity index is 345. The third kappa shape index (κ3) is 3.66. The first-order valence-corrected chi connectivity index (χ1v) is 6.68. The van der Waals surface area contributed by atoms with Crippen LogP contribution in [0.25, 0.3) is 0 Å². The van der Waals surface area contributed by atoms with Crippen molar-refractivity contribution in [3.05, 3.63) is 22.8 Å². The Morgan fingerprint density at radius 2 is 2.41 bits per heavy atom. The second kappa shape index (κ2) is 6.33. The molecule has 4 nitrogen and oxygen atoms in total. The summed E-state index contributed by atoms with van der Waals surface area (Å²) < 4.78 is 6.57. The smallest absolute Gasteiger partial charge is 0.128 e. The zero-order valence-corrected chi connectivity index (χ0v) is 11.3. The average Bonchev–Trinajstić information content (AvgIpc) is 2.37. The molecule has 2 heterocycles. The standard InChI is InChI=1S/C12H17BrN2O2/c13-10-3-4-12(14-8-10)15-5-1-2-11(9-15)17-7-6-16/h3-4,8,11,16H,1-2,5-7,9H2. The van der Waals surface area contributed by atoms with Crippen LogP contribution in [0.15, 0.2) is 22.8 Å². The summed E-state index contributed by atoms with van der Waals surface area (Å²) >= 11 is 3.38. The van der Waals surface area contributed by atoms with Gasteiger partial charge in [0.2, 0.25) is 0 Å². The van der Waals surface area contributed by atoms with Gasteiger partial charge in [-0.25, -0.2) is 4.98 Å². The number of halogens is 1. The van der Waals surface area contributed by atoms with E-state index in [4.69, 9.17) is 9.84 Å². The molecule has 0 aromatic carbocycles. The van der Waals surface area contributed by atoms with Gasteiger partial charge in [0.15, 0.2) is 0 Å². The fourth-order valence-electron chi connectivity index (χ4n) is 2.06. The van der Waals surface area contributed by atoms with Gasteiger partial charge in [0.1, 0.15) is 5.82 Å². The molecule has 94 valence electrons. The highest BCUT2D eigenvalue weighted by molar-refractivity contribution is 9.10. The number of hydrogen-bond acceptors (Lipinski definition) is 4. The summed E-state index contributed by atoms with van der Waals surface area (Å²) in [5, 5.41) is 8.75. The number of aromatic nitrogens is 1. The molecule has 17 heavy (non-hydrogen) atoms. The molecule has 2 rings (SSSR count). The molecule has 5 heteroatoms. The maximum absolute atomic E-state index is 8.75. The summed E-state index contributed by atoms with van der Waals surface area (Å²) in [5.41, 5.74) is 0. The van der Waals surface area contributed by atoms with Crippen molar-refractivity contribution in [3.63, 3.8) is 0 Å². The predicted octanol–water partition coefficient (Wildman–Crippen LogP) is 1.82. The lowest BCUT2D eigenvalue weighted by atomic mass is 10.1. The van der Waals surface area contributed by atoms with E-state index in [1.165, 1.54) is 0 Å². The number of aliphatic hydroxyl groups excluding tert-OH is 1. The molecule has 1 unspecified atom stereocenters. The second-order valence-corrected chi connectivity index (χ2v) is 5.05. The summed E-state index contributed by atoms with van der Waals surface area (Å²) in [7, 11) is 0. The van der Waals surface area contributed by atoms with Gasteiger partial charge in [-0.1, -0.05) is 0 Å². The Labute approximate surface area is 110 Å². The van der Waals surface area contributed by atoms with E-state index in [1.807, 2.05) is 18.3 Å². The van der Waals surface area contributed by atoms with Crippen molar-refractivity contribution in [2.45, 2.75) is 18.9 Å². The summed E-state index contributed by atoms with van der Waals surface area (Å²) in [6.45, 7) is 2.39. The van der Waals surface area contributed by atoms with Crippen molar-refractivity contribution in [1.29, 1.82) is 0 Å². The maximum Gasteiger partial charge on any atom is 0.128 e. The topological polar surface area (TPSA) is 45.6 Å². The molecular formula is C12H17BrN2O2. The van der Waals surface area contributed by atoms with Gasteiger partial charge in [0.05, 0.1) is 19.3 Å². The SMILES string of the molecule is OCCOC1CCCN(c2ccc(Br)cn2)C1. The molecule has 1 aliphatic heterocycles. The van der Waals surface area contributed by atoms with Crippen molar-refractivity contribution in [3.8, 4) is 0 Å². The van der Waals surface area contributed by atoms with Crippen LogP contribution in [0.5, 0.6) is 0 Å². The average molecular weight is 301 g/mol. The minimum Gasteiger partial charge on any atom is -0.394 e. The first-order valence-electron chi connectivity index (χ1n) is 5.88. The van der Waals surface area contributed by atoms with Crippen LogP contribution in [0.3, 0.4) is 0 Å². The van der Waals surface area contributed by atoms with Crippen LogP contribution in [0.2, 0.25) is 0 Å². The molecule has 1 N–H and O–H groups in total. The Hall–Kier alpha value is -0.650. The van der Waals surface area contributed by atoms with Gasteiger partial charge >= 0.3 is 0 Å². The third-order valence-corrected chi connectivity index (χ3v) is 3.33. The van der Waals surface area contributed by atoms with E-state index in [-0.39, 0.29) is 12.7 Å². The van der Waals surface area contributed by atoms with Gasteiger partial charge < -0.3 is 14.7 Å². The van der Waals surface area contributed by atoms with Crippen molar-refractivity contribution < 1.29 is 9.84 Å². The monoisotopic (exact) mass is 300 g/mol. The van der Waals surface area contributed by atoms with Crippen LogP contribution < -0.4 is 4.90 Å². The first kappa shape index (κ1) is 12.8. The molecule has 1 aromatic heterocycles. The van der Waals surface area contributed by atoms with E-state index in [0.29, 0.717) is 6.61 Å². The van der Waals surface area contributed by atoms with Gasteiger partial charge in [-0.2, -0.15) is 0 Å². The molecule has 1 atom stereocenters. The molecule has 1 saturated heterocycles. The molecule has 0 saturated carbocycles. The van der Waals surface area contributed by atoms with E-state index < -0.39 is 0 Å². The molecule has 0 aliphatic carbocycles. The van der Waals surface area contributed by atoms with Crippen LogP contribution in [0.1, 0.15) is 12.8 Å². The van der Waals surface area contributed by atoms with Gasteiger partial charge in [-0.05, 0) is 40.9 Å². The first-order chi connectivity index (χ1) is 8.29. The summed E-state index contributed by atoms with van der Waals surface area (Å²) in [6, 6.07) is 4.01. The summed E-state index contributed by atoms with van der Waals surface area (Å²) in [6.07, 6.45) is 4.19. The number of piperidine rings is 1. The quantitative estimate of drug-likeness (QED) is 0.921.